The molecule has 0 aliphatic carbocycles. The summed E-state index contributed by atoms with van der Waals surface area (Å²) in [5.41, 5.74) is 0.771. The molecular weight excluding hydrogens is 332 g/mol. The number of ketones is 1. The molecule has 2 amide bonds. The minimum absolute atomic E-state index is 0.121. The van der Waals surface area contributed by atoms with E-state index in [4.69, 9.17) is 2.74 Å². The van der Waals surface area contributed by atoms with Crippen molar-refractivity contribution in [3.8, 4) is 0 Å². The van der Waals surface area contributed by atoms with E-state index < -0.39 is 42.0 Å². The normalized spacial score (nSPS) is 22.6. The first-order valence-electron chi connectivity index (χ1n) is 9.81. The average molecular weight is 362 g/mol. The van der Waals surface area contributed by atoms with E-state index in [9.17, 15) is 19.5 Å². The van der Waals surface area contributed by atoms with Crippen LogP contribution in [-0.2, 0) is 20.8 Å². The number of fused-ring (bicyclic) bond motifs is 1. The number of hydrogen-bond acceptors (Lipinski definition) is 4. The number of aliphatic hydroxyl groups excluding tert-OH is 1. The van der Waals surface area contributed by atoms with Crippen molar-refractivity contribution in [2.75, 3.05) is 13.6 Å². The first-order chi connectivity index (χ1) is 13.0. The zero-order valence-electron chi connectivity index (χ0n) is 17.7. The number of aliphatic hydroxyl groups is 1. The van der Waals surface area contributed by atoms with Gasteiger partial charge in [0.15, 0.2) is 5.78 Å². The van der Waals surface area contributed by atoms with Crippen LogP contribution < -0.4 is 5.32 Å². The van der Waals surface area contributed by atoms with Crippen molar-refractivity contribution >= 4 is 17.6 Å². The summed E-state index contributed by atoms with van der Waals surface area (Å²) in [4.78, 5) is 38.8. The zero-order chi connectivity index (χ0) is 21.2. The van der Waals surface area contributed by atoms with Crippen LogP contribution in [0.15, 0.2) is 24.3 Å². The summed E-state index contributed by atoms with van der Waals surface area (Å²) in [6.07, 6.45) is -3.01. The number of amides is 2. The van der Waals surface area contributed by atoms with Crippen LogP contribution in [0.2, 0.25) is 0 Å². The molecule has 3 atom stereocenters. The van der Waals surface area contributed by atoms with Gasteiger partial charge in [-0.1, -0.05) is 45.0 Å². The molecular formula is C20H28N2O4. The number of Topliss-reactive ketones (excluding diaryl/α,β-unsaturated/α-hetero) is 1. The molecule has 2 rings (SSSR count). The second kappa shape index (κ2) is 8.45. The maximum Gasteiger partial charge on any atom is 0.249 e. The van der Waals surface area contributed by atoms with E-state index >= 15 is 0 Å². The van der Waals surface area contributed by atoms with Crippen molar-refractivity contribution in [2.45, 2.75) is 45.7 Å². The van der Waals surface area contributed by atoms with E-state index in [0.29, 0.717) is 11.1 Å². The monoisotopic (exact) mass is 362 g/mol. The Morgan fingerprint density at radius 1 is 1.35 bits per heavy atom. The van der Waals surface area contributed by atoms with Gasteiger partial charge in [-0.25, -0.2) is 0 Å². The van der Waals surface area contributed by atoms with Gasteiger partial charge >= 0.3 is 0 Å². The molecule has 0 saturated heterocycles. The van der Waals surface area contributed by atoms with Crippen LogP contribution in [0.3, 0.4) is 0 Å². The van der Waals surface area contributed by atoms with Crippen molar-refractivity contribution in [2.24, 2.45) is 11.8 Å². The highest BCUT2D eigenvalue weighted by Crippen LogP contribution is 2.25. The molecule has 0 fully saturated rings. The molecule has 0 radical (unpaired) electrons. The van der Waals surface area contributed by atoms with Gasteiger partial charge in [-0.15, -0.1) is 0 Å². The number of carbonyl (C=O) groups is 3. The van der Waals surface area contributed by atoms with Gasteiger partial charge in [0.05, 0.1) is 0 Å². The topological polar surface area (TPSA) is 86.7 Å². The summed E-state index contributed by atoms with van der Waals surface area (Å²) < 4.78 is 16.6. The fourth-order valence-electron chi connectivity index (χ4n) is 2.86. The third-order valence-corrected chi connectivity index (χ3v) is 4.60. The van der Waals surface area contributed by atoms with Gasteiger partial charge in [-0.3, -0.25) is 14.4 Å². The lowest BCUT2D eigenvalue weighted by atomic mass is 9.94. The van der Waals surface area contributed by atoms with Crippen LogP contribution in [0, 0.1) is 11.8 Å². The molecule has 1 aliphatic rings. The van der Waals surface area contributed by atoms with Crippen molar-refractivity contribution in [3.63, 3.8) is 0 Å². The molecule has 26 heavy (non-hydrogen) atoms. The van der Waals surface area contributed by atoms with Crippen molar-refractivity contribution in [3.05, 3.63) is 35.4 Å². The highest BCUT2D eigenvalue weighted by Gasteiger charge is 2.32. The highest BCUT2D eigenvalue weighted by molar-refractivity contribution is 5.92. The number of carbonyl (C=O) groups excluding carboxylic acids is 3. The van der Waals surface area contributed by atoms with E-state index in [1.54, 1.807) is 45.0 Å². The summed E-state index contributed by atoms with van der Waals surface area (Å²) >= 11 is 0. The third kappa shape index (κ3) is 4.49. The highest BCUT2D eigenvalue weighted by atomic mass is 16.3. The lowest BCUT2D eigenvalue weighted by Crippen LogP contribution is -2.43. The zero-order valence-corrected chi connectivity index (χ0v) is 15.7. The molecule has 142 valence electrons. The molecule has 0 bridgehead atoms. The fraction of sp³-hybridized carbons (Fsp3) is 0.550. The summed E-state index contributed by atoms with van der Waals surface area (Å²) in [7, 11) is 1.50. The lowest BCUT2D eigenvalue weighted by molar-refractivity contribution is -0.137. The summed E-state index contributed by atoms with van der Waals surface area (Å²) in [6.45, 7) is 4.89. The summed E-state index contributed by atoms with van der Waals surface area (Å²) in [5.74, 6) is -2.30. The first-order valence-corrected chi connectivity index (χ1v) is 8.81. The second-order valence-corrected chi connectivity index (χ2v) is 7.16. The van der Waals surface area contributed by atoms with Gasteiger partial charge < -0.3 is 15.3 Å². The molecule has 6 heteroatoms. The Kier molecular flexibility index (Phi) is 5.59. The van der Waals surface area contributed by atoms with E-state index in [1.807, 2.05) is 0 Å². The number of benzene rings is 1. The predicted molar refractivity (Wildman–Crippen MR) is 98.3 cm³/mol. The maximum atomic E-state index is 12.8. The van der Waals surface area contributed by atoms with E-state index in [-0.39, 0.29) is 18.9 Å². The van der Waals surface area contributed by atoms with Gasteiger partial charge in [0.1, 0.15) is 12.1 Å². The molecule has 1 aliphatic heterocycles. The number of likely N-dealkylation sites (N-methyl/N-ethyl adjacent to an activating group) is 1. The van der Waals surface area contributed by atoms with Crippen molar-refractivity contribution in [1.82, 2.24) is 10.2 Å². The number of rotatable bonds is 6. The lowest BCUT2D eigenvalue weighted by Gasteiger charge is -2.24. The summed E-state index contributed by atoms with van der Waals surface area (Å²) in [5, 5.41) is 12.5. The van der Waals surface area contributed by atoms with Crippen LogP contribution in [0.25, 0.3) is 0 Å². The van der Waals surface area contributed by atoms with Crippen LogP contribution in [0.4, 0.5) is 0 Å². The largest absolute Gasteiger partial charge is 0.385 e. The quantitative estimate of drug-likeness (QED) is 0.802. The van der Waals surface area contributed by atoms with Gasteiger partial charge in [-0.05, 0) is 23.4 Å². The van der Waals surface area contributed by atoms with Gasteiger partial charge in [0.2, 0.25) is 11.8 Å². The Morgan fingerprint density at radius 2 is 2.00 bits per heavy atom. The molecule has 2 N–H and O–H groups in total. The van der Waals surface area contributed by atoms with E-state index in [1.165, 1.54) is 11.9 Å². The number of nitrogens with zero attached hydrogens (tertiary/aromatic N) is 1. The Balaban J connectivity index is 2.24. The van der Waals surface area contributed by atoms with Crippen LogP contribution in [0.5, 0.6) is 0 Å². The second-order valence-electron chi connectivity index (χ2n) is 7.16. The van der Waals surface area contributed by atoms with E-state index in [2.05, 4.69) is 5.32 Å². The minimum Gasteiger partial charge on any atom is -0.385 e. The standard InChI is InChI=1S/C20H28N2O4/c1-12(2)18(24)16(23)11-13(3)19(25)21-17-15-8-6-5-7-14(15)9-10-22(4)20(17)26/h5-8,12-13,17-18,24H,9-11H2,1-4H3,(H,21,25)/t13-,17+,18+/m1/s1/i9D2. The number of nitrogens with one attached hydrogen (secondary N) is 1. The van der Waals surface area contributed by atoms with Gasteiger partial charge in [0.25, 0.3) is 0 Å². The first kappa shape index (κ1) is 17.2. The SMILES string of the molecule is [2H]C1([2H])CN(C)C(=O)[C@@H](NC(=O)[C@H](C)CC(=O)[C@@H](O)C(C)C)c2ccccc21. The van der Waals surface area contributed by atoms with Crippen LogP contribution >= 0.6 is 0 Å². The molecule has 0 saturated carbocycles. The predicted octanol–water partition coefficient (Wildman–Crippen LogP) is 1.47. The van der Waals surface area contributed by atoms with Crippen LogP contribution in [-0.4, -0.2) is 47.3 Å². The Labute approximate surface area is 157 Å². The minimum atomic E-state index is -1.75. The third-order valence-electron chi connectivity index (χ3n) is 4.60. The molecule has 0 aromatic heterocycles. The molecule has 1 aromatic rings. The molecule has 0 unspecified atom stereocenters. The maximum absolute atomic E-state index is 12.8. The van der Waals surface area contributed by atoms with Crippen molar-refractivity contribution in [1.29, 1.82) is 0 Å². The molecule has 1 aromatic carbocycles. The van der Waals surface area contributed by atoms with Crippen molar-refractivity contribution < 1.29 is 22.2 Å². The summed E-state index contributed by atoms with van der Waals surface area (Å²) in [6, 6.07) is 5.61. The van der Waals surface area contributed by atoms with E-state index in [0.717, 1.165) is 0 Å². The Bertz CT molecular complexity index is 766. The molecule has 1 heterocycles. The Morgan fingerprint density at radius 3 is 2.65 bits per heavy atom. The van der Waals surface area contributed by atoms with Gasteiger partial charge in [0, 0.05) is 28.7 Å². The molecule has 0 spiro atoms. The Hall–Kier alpha value is -2.21. The molecule has 6 nitrogen and oxygen atoms in total. The average Bonchev–Trinajstić information content (AvgIpc) is 2.69. The van der Waals surface area contributed by atoms with Crippen LogP contribution in [0.1, 0.15) is 47.1 Å². The fourth-order valence-corrected chi connectivity index (χ4v) is 2.86. The smallest absolute Gasteiger partial charge is 0.249 e. The number of hydrogen-bond donors (Lipinski definition) is 2. The van der Waals surface area contributed by atoms with Gasteiger partial charge in [-0.2, -0.15) is 0 Å².